The van der Waals surface area contributed by atoms with Crippen LogP contribution < -0.4 is 5.32 Å². The summed E-state index contributed by atoms with van der Waals surface area (Å²) in [5.41, 5.74) is 1.14. The van der Waals surface area contributed by atoms with Crippen molar-refractivity contribution >= 4 is 23.2 Å². The lowest BCUT2D eigenvalue weighted by molar-refractivity contribution is -0.125. The Morgan fingerprint density at radius 3 is 2.71 bits per heavy atom. The first-order valence-electron chi connectivity index (χ1n) is 10.9. The summed E-state index contributed by atoms with van der Waals surface area (Å²) < 4.78 is 5.90. The summed E-state index contributed by atoms with van der Waals surface area (Å²) in [7, 11) is 1.89. The minimum Gasteiger partial charge on any atom is -0.381 e. The van der Waals surface area contributed by atoms with E-state index in [1.165, 1.54) is 37.7 Å². The molecule has 1 aliphatic heterocycles. The number of azo groups is 1. The Kier molecular flexibility index (Phi) is 4.16. The van der Waals surface area contributed by atoms with Crippen LogP contribution in [0.2, 0.25) is 0 Å². The molecule has 3 fully saturated rings. The standard InChI is InChI=1S/C22H31N3O2S/c1-20-10-11-22(18(26)23-19(28)24-25-22)12-13(20)4-5-14-15-6-7-17(27-3)21(15,2)9-8-16(14)20/h12,14-17H,4-11H2,1-3H3,(H,23,26,28)/t14-,15-,16-,17-,20-,21-,22?/m0/s1. The lowest BCUT2D eigenvalue weighted by Crippen LogP contribution is -2.55. The molecular weight excluding hydrogens is 370 g/mol. The Labute approximate surface area is 172 Å². The predicted molar refractivity (Wildman–Crippen MR) is 111 cm³/mol. The number of carbonyl (C=O) groups is 1. The van der Waals surface area contributed by atoms with Crippen LogP contribution in [0, 0.1) is 28.6 Å². The second-order valence-electron chi connectivity index (χ2n) is 10.2. The number of amides is 1. The average Bonchev–Trinajstić information content (AvgIpc) is 3.02. The summed E-state index contributed by atoms with van der Waals surface area (Å²) in [6.07, 6.45) is 11.7. The lowest BCUT2D eigenvalue weighted by Gasteiger charge is -2.59. The summed E-state index contributed by atoms with van der Waals surface area (Å²) in [6.45, 7) is 4.94. The molecule has 0 aromatic rings. The van der Waals surface area contributed by atoms with Gasteiger partial charge in [-0.1, -0.05) is 19.4 Å². The first kappa shape index (κ1) is 18.9. The van der Waals surface area contributed by atoms with Gasteiger partial charge < -0.3 is 4.74 Å². The van der Waals surface area contributed by atoms with Crippen LogP contribution in [-0.2, 0) is 9.53 Å². The molecule has 1 N–H and O–H groups in total. The molecule has 1 unspecified atom stereocenters. The molecule has 5 nitrogen and oxygen atoms in total. The molecule has 0 aromatic carbocycles. The van der Waals surface area contributed by atoms with Gasteiger partial charge in [0.25, 0.3) is 5.91 Å². The minimum absolute atomic E-state index is 0.0980. The Hall–Kier alpha value is -1.14. The number of methoxy groups -OCH3 is 1. The first-order chi connectivity index (χ1) is 13.3. The summed E-state index contributed by atoms with van der Waals surface area (Å²) in [5.74, 6) is 2.17. The summed E-state index contributed by atoms with van der Waals surface area (Å²) >= 11 is 5.00. The number of allylic oxidation sites excluding steroid dienone is 1. The molecule has 0 aromatic heterocycles. The van der Waals surface area contributed by atoms with Gasteiger partial charge in [-0.3, -0.25) is 10.1 Å². The second kappa shape index (κ2) is 6.18. The predicted octanol–water partition coefficient (Wildman–Crippen LogP) is 4.57. The summed E-state index contributed by atoms with van der Waals surface area (Å²) in [6, 6.07) is 0. The van der Waals surface area contributed by atoms with Gasteiger partial charge in [-0.15, -0.1) is 5.11 Å². The third-order valence-electron chi connectivity index (χ3n) is 9.31. The molecule has 3 saturated carbocycles. The van der Waals surface area contributed by atoms with E-state index in [1.54, 1.807) is 0 Å². The number of hydrogen-bond donors (Lipinski definition) is 1. The highest BCUT2D eigenvalue weighted by atomic mass is 32.1. The van der Waals surface area contributed by atoms with Gasteiger partial charge in [0.1, 0.15) is 0 Å². The smallest absolute Gasteiger partial charge is 0.260 e. The molecule has 1 heterocycles. The zero-order chi connectivity index (χ0) is 19.7. The third kappa shape index (κ3) is 2.40. The normalized spacial score (nSPS) is 49.9. The topological polar surface area (TPSA) is 63.1 Å². The van der Waals surface area contributed by atoms with E-state index >= 15 is 0 Å². The molecule has 5 aliphatic rings. The molecule has 28 heavy (non-hydrogen) atoms. The highest BCUT2D eigenvalue weighted by Gasteiger charge is 2.60. The number of ether oxygens (including phenoxy) is 1. The Bertz CT molecular complexity index is 795. The summed E-state index contributed by atoms with van der Waals surface area (Å²) in [4.78, 5) is 12.7. The van der Waals surface area contributed by atoms with Crippen molar-refractivity contribution < 1.29 is 9.53 Å². The quantitative estimate of drug-likeness (QED) is 0.517. The zero-order valence-corrected chi connectivity index (χ0v) is 18.0. The third-order valence-corrected chi connectivity index (χ3v) is 9.49. The van der Waals surface area contributed by atoms with Crippen LogP contribution in [-0.4, -0.2) is 29.8 Å². The van der Waals surface area contributed by atoms with Crippen LogP contribution in [0.1, 0.15) is 65.2 Å². The van der Waals surface area contributed by atoms with Crippen LogP contribution in [0.5, 0.6) is 0 Å². The maximum absolute atomic E-state index is 12.7. The van der Waals surface area contributed by atoms with Gasteiger partial charge in [0.05, 0.1) is 6.10 Å². The van der Waals surface area contributed by atoms with E-state index < -0.39 is 5.54 Å². The monoisotopic (exact) mass is 401 g/mol. The zero-order valence-electron chi connectivity index (χ0n) is 17.2. The van der Waals surface area contributed by atoms with Crippen molar-refractivity contribution in [1.29, 1.82) is 0 Å². The molecule has 0 bridgehead atoms. The molecule has 0 radical (unpaired) electrons. The fourth-order valence-corrected chi connectivity index (χ4v) is 7.86. The maximum Gasteiger partial charge on any atom is 0.260 e. The fraction of sp³-hybridized carbons (Fsp3) is 0.818. The second-order valence-corrected chi connectivity index (χ2v) is 10.6. The number of nitrogens with one attached hydrogen (secondary N) is 1. The van der Waals surface area contributed by atoms with Crippen molar-refractivity contribution in [2.75, 3.05) is 7.11 Å². The number of hydrogen-bond acceptors (Lipinski definition) is 4. The van der Waals surface area contributed by atoms with E-state index in [-0.39, 0.29) is 16.4 Å². The van der Waals surface area contributed by atoms with Gasteiger partial charge >= 0.3 is 0 Å². The minimum atomic E-state index is -0.832. The SMILES string of the molecule is CO[C@H]1CC[C@H]2[C@@H]3CCC4=CC5(CC[C@]4(C)[C@H]3CC[C@]12C)N=NC(=S)NC5=O. The van der Waals surface area contributed by atoms with Crippen molar-refractivity contribution in [3.63, 3.8) is 0 Å². The van der Waals surface area contributed by atoms with Crippen LogP contribution in [0.25, 0.3) is 0 Å². The van der Waals surface area contributed by atoms with Crippen LogP contribution in [0.4, 0.5) is 0 Å². The van der Waals surface area contributed by atoms with Gasteiger partial charge in [0, 0.05) is 7.11 Å². The molecule has 152 valence electrons. The molecule has 1 spiro atoms. The Morgan fingerprint density at radius 1 is 1.14 bits per heavy atom. The van der Waals surface area contributed by atoms with Gasteiger partial charge in [0.15, 0.2) is 5.54 Å². The van der Waals surface area contributed by atoms with Crippen molar-refractivity contribution in [2.24, 2.45) is 38.8 Å². The van der Waals surface area contributed by atoms with Gasteiger partial charge in [-0.25, -0.2) is 0 Å². The molecule has 4 aliphatic carbocycles. The fourth-order valence-electron chi connectivity index (χ4n) is 7.73. The largest absolute Gasteiger partial charge is 0.381 e. The maximum atomic E-state index is 12.7. The molecule has 5 rings (SSSR count). The molecule has 1 amide bonds. The van der Waals surface area contributed by atoms with Crippen molar-refractivity contribution in [3.8, 4) is 0 Å². The van der Waals surface area contributed by atoms with E-state index in [1.807, 2.05) is 7.11 Å². The Morgan fingerprint density at radius 2 is 1.96 bits per heavy atom. The van der Waals surface area contributed by atoms with Gasteiger partial charge in [-0.2, -0.15) is 5.11 Å². The van der Waals surface area contributed by atoms with Gasteiger partial charge in [0.2, 0.25) is 5.11 Å². The van der Waals surface area contributed by atoms with Crippen molar-refractivity contribution in [2.45, 2.75) is 76.9 Å². The number of thiocarbonyl (C=S) groups is 1. The van der Waals surface area contributed by atoms with E-state index in [0.717, 1.165) is 31.1 Å². The molecule has 6 heteroatoms. The number of rotatable bonds is 1. The van der Waals surface area contributed by atoms with Gasteiger partial charge in [-0.05, 0) is 98.2 Å². The summed E-state index contributed by atoms with van der Waals surface area (Å²) in [5, 5.41) is 11.3. The number of carbonyl (C=O) groups excluding carboxylic acids is 1. The van der Waals surface area contributed by atoms with Crippen molar-refractivity contribution in [1.82, 2.24) is 5.32 Å². The highest BCUT2D eigenvalue weighted by molar-refractivity contribution is 7.80. The number of nitrogens with zero attached hydrogens (tertiary/aromatic N) is 2. The molecular formula is C22H31N3O2S. The molecule has 7 atom stereocenters. The van der Waals surface area contributed by atoms with Crippen molar-refractivity contribution in [3.05, 3.63) is 11.6 Å². The van der Waals surface area contributed by atoms with Crippen LogP contribution in [0.3, 0.4) is 0 Å². The van der Waals surface area contributed by atoms with Crippen LogP contribution >= 0.6 is 12.2 Å². The van der Waals surface area contributed by atoms with E-state index in [4.69, 9.17) is 17.0 Å². The molecule has 0 saturated heterocycles. The van der Waals surface area contributed by atoms with Crippen LogP contribution in [0.15, 0.2) is 21.9 Å². The first-order valence-corrected chi connectivity index (χ1v) is 11.3. The van der Waals surface area contributed by atoms with E-state index in [0.29, 0.717) is 17.4 Å². The van der Waals surface area contributed by atoms with E-state index in [9.17, 15) is 4.79 Å². The highest BCUT2D eigenvalue weighted by Crippen LogP contribution is 2.66. The van der Waals surface area contributed by atoms with E-state index in [2.05, 4.69) is 35.5 Å². The average molecular weight is 402 g/mol. The Balaban J connectivity index is 1.47. The lowest BCUT2D eigenvalue weighted by atomic mass is 9.46. The number of fused-ring (bicyclic) bond motifs is 5.